The van der Waals surface area contributed by atoms with Crippen LogP contribution in [-0.4, -0.2) is 18.5 Å². The Morgan fingerprint density at radius 3 is 2.47 bits per heavy atom. The van der Waals surface area contributed by atoms with E-state index in [9.17, 15) is 8.78 Å². The van der Waals surface area contributed by atoms with E-state index in [1.54, 1.807) is 0 Å². The summed E-state index contributed by atoms with van der Waals surface area (Å²) in [6, 6.07) is 3.93. The monoisotopic (exact) mass is 267 g/mol. The van der Waals surface area contributed by atoms with Gasteiger partial charge in [-0.25, -0.2) is 8.78 Å². The van der Waals surface area contributed by atoms with Crippen molar-refractivity contribution in [3.8, 4) is 0 Å². The summed E-state index contributed by atoms with van der Waals surface area (Å²) in [5.41, 5.74) is 6.36. The van der Waals surface area contributed by atoms with Crippen LogP contribution in [0.3, 0.4) is 0 Å². The molecule has 0 bridgehead atoms. The molecule has 1 aliphatic rings. The fourth-order valence-electron chi connectivity index (χ4n) is 2.39. The van der Waals surface area contributed by atoms with Crippen molar-refractivity contribution in [2.45, 2.75) is 38.1 Å². The van der Waals surface area contributed by atoms with E-state index in [-0.39, 0.29) is 0 Å². The molecule has 0 saturated heterocycles. The van der Waals surface area contributed by atoms with Gasteiger partial charge in [-0.05, 0) is 37.0 Å². The van der Waals surface area contributed by atoms with E-state index in [0.29, 0.717) is 30.5 Å². The fraction of sp³-hybridized carbons (Fsp3) is 0.500. The van der Waals surface area contributed by atoms with Crippen molar-refractivity contribution in [1.82, 2.24) is 5.32 Å². The number of hydrogen-bond donors (Lipinski definition) is 2. The maximum absolute atomic E-state index is 13.0. The number of benzene rings is 1. The third-order valence-corrected chi connectivity index (χ3v) is 3.31. The third-order valence-electron chi connectivity index (χ3n) is 3.31. The van der Waals surface area contributed by atoms with Gasteiger partial charge in [0.25, 0.3) is 0 Å². The molecule has 0 aromatic heterocycles. The zero-order chi connectivity index (χ0) is 13.7. The van der Waals surface area contributed by atoms with Crippen molar-refractivity contribution >= 4 is 5.96 Å². The number of hydrogen-bond acceptors (Lipinski definition) is 1. The Balaban J connectivity index is 1.81. The number of nitrogens with zero attached hydrogens (tertiary/aromatic N) is 1. The number of nitrogens with one attached hydrogen (secondary N) is 1. The summed E-state index contributed by atoms with van der Waals surface area (Å²) in [5.74, 6) is -0.698. The number of nitrogens with two attached hydrogens (primary N) is 1. The van der Waals surface area contributed by atoms with Crippen LogP contribution < -0.4 is 11.1 Å². The predicted octanol–water partition coefficient (Wildman–Crippen LogP) is 2.35. The topological polar surface area (TPSA) is 50.4 Å². The lowest BCUT2D eigenvalue weighted by Gasteiger charge is -2.12. The van der Waals surface area contributed by atoms with Crippen LogP contribution in [0, 0.1) is 11.6 Å². The molecule has 5 heteroatoms. The van der Waals surface area contributed by atoms with Crippen LogP contribution in [0.1, 0.15) is 31.2 Å². The molecule has 3 N–H and O–H groups in total. The summed E-state index contributed by atoms with van der Waals surface area (Å²) in [6.07, 6.45) is 5.19. The van der Waals surface area contributed by atoms with Crippen LogP contribution in [0.2, 0.25) is 0 Å². The molecule has 0 spiro atoms. The molecule has 0 radical (unpaired) electrons. The van der Waals surface area contributed by atoms with Crippen LogP contribution in [0.15, 0.2) is 23.2 Å². The molecule has 19 heavy (non-hydrogen) atoms. The molecule has 1 saturated carbocycles. The van der Waals surface area contributed by atoms with Gasteiger partial charge in [-0.2, -0.15) is 0 Å². The second-order valence-electron chi connectivity index (χ2n) is 4.92. The highest BCUT2D eigenvalue weighted by Crippen LogP contribution is 2.17. The molecule has 0 atom stereocenters. The largest absolute Gasteiger partial charge is 0.370 e. The average molecular weight is 267 g/mol. The highest BCUT2D eigenvalue weighted by Gasteiger charge is 2.14. The molecule has 3 nitrogen and oxygen atoms in total. The summed E-state index contributed by atoms with van der Waals surface area (Å²) in [7, 11) is 0. The quantitative estimate of drug-likeness (QED) is 0.650. The van der Waals surface area contributed by atoms with Gasteiger partial charge in [0.2, 0.25) is 0 Å². The van der Waals surface area contributed by atoms with Crippen molar-refractivity contribution in [2.24, 2.45) is 10.7 Å². The van der Waals surface area contributed by atoms with Gasteiger partial charge in [0.05, 0.1) is 0 Å². The zero-order valence-electron chi connectivity index (χ0n) is 10.8. The molecule has 0 aliphatic heterocycles. The number of rotatable bonds is 4. The van der Waals surface area contributed by atoms with Gasteiger partial charge in [-0.15, -0.1) is 0 Å². The molecule has 104 valence electrons. The third kappa shape index (κ3) is 4.50. The lowest BCUT2D eigenvalue weighted by Crippen LogP contribution is -2.38. The summed E-state index contributed by atoms with van der Waals surface area (Å²) in [5, 5.41) is 3.17. The van der Waals surface area contributed by atoms with Gasteiger partial charge in [0, 0.05) is 18.7 Å². The highest BCUT2D eigenvalue weighted by molar-refractivity contribution is 5.78. The van der Waals surface area contributed by atoms with E-state index in [0.717, 1.165) is 18.9 Å². The smallest absolute Gasteiger partial charge is 0.188 e. The van der Waals surface area contributed by atoms with Crippen LogP contribution in [0.5, 0.6) is 0 Å². The standard InChI is InChI=1S/C14H19F2N3/c15-11-7-10(8-12(16)9-11)5-6-18-14(17)19-13-3-1-2-4-13/h7-9,13H,1-6H2,(H3,17,18,19). The second-order valence-corrected chi connectivity index (χ2v) is 4.92. The number of aliphatic imine (C=N–C) groups is 1. The van der Waals surface area contributed by atoms with Gasteiger partial charge in [-0.1, -0.05) is 12.8 Å². The van der Waals surface area contributed by atoms with Crippen LogP contribution in [0.25, 0.3) is 0 Å². The fourth-order valence-corrected chi connectivity index (χ4v) is 2.39. The number of halogens is 2. The molecular formula is C14H19F2N3. The minimum Gasteiger partial charge on any atom is -0.370 e. The maximum atomic E-state index is 13.0. The first-order valence-electron chi connectivity index (χ1n) is 6.65. The normalized spacial score (nSPS) is 16.8. The molecule has 1 aliphatic carbocycles. The van der Waals surface area contributed by atoms with E-state index >= 15 is 0 Å². The Morgan fingerprint density at radius 2 is 1.84 bits per heavy atom. The lowest BCUT2D eigenvalue weighted by molar-refractivity contribution is 0.579. The average Bonchev–Trinajstić information content (AvgIpc) is 2.80. The summed E-state index contributed by atoms with van der Waals surface area (Å²) in [6.45, 7) is 0.425. The summed E-state index contributed by atoms with van der Waals surface area (Å²) in [4.78, 5) is 4.18. The van der Waals surface area contributed by atoms with E-state index in [2.05, 4.69) is 10.3 Å². The Hall–Kier alpha value is -1.65. The first-order valence-corrected chi connectivity index (χ1v) is 6.65. The van der Waals surface area contributed by atoms with Crippen LogP contribution in [-0.2, 0) is 6.42 Å². The Bertz CT molecular complexity index is 434. The molecule has 2 rings (SSSR count). The van der Waals surface area contributed by atoms with Crippen LogP contribution in [0.4, 0.5) is 8.78 Å². The van der Waals surface area contributed by atoms with Crippen molar-refractivity contribution in [3.63, 3.8) is 0 Å². The molecular weight excluding hydrogens is 248 g/mol. The maximum Gasteiger partial charge on any atom is 0.188 e. The molecule has 1 fully saturated rings. The van der Waals surface area contributed by atoms with Gasteiger partial charge < -0.3 is 11.1 Å². The second kappa shape index (κ2) is 6.50. The minimum absolute atomic E-state index is 0.420. The number of guanidine groups is 1. The van der Waals surface area contributed by atoms with E-state index in [4.69, 9.17) is 5.73 Å². The van der Waals surface area contributed by atoms with Gasteiger partial charge in [0.1, 0.15) is 11.6 Å². The minimum atomic E-state index is -0.559. The highest BCUT2D eigenvalue weighted by atomic mass is 19.1. The SMILES string of the molecule is NC(=NCCc1cc(F)cc(F)c1)NC1CCCC1. The summed E-state index contributed by atoms with van der Waals surface area (Å²) >= 11 is 0. The van der Waals surface area contributed by atoms with Gasteiger partial charge in [-0.3, -0.25) is 4.99 Å². The van der Waals surface area contributed by atoms with E-state index in [1.165, 1.54) is 25.0 Å². The Labute approximate surface area is 111 Å². The Morgan fingerprint density at radius 1 is 1.21 bits per heavy atom. The summed E-state index contributed by atoms with van der Waals surface area (Å²) < 4.78 is 25.9. The van der Waals surface area contributed by atoms with Crippen molar-refractivity contribution in [3.05, 3.63) is 35.4 Å². The lowest BCUT2D eigenvalue weighted by atomic mass is 10.1. The first-order chi connectivity index (χ1) is 9.13. The van der Waals surface area contributed by atoms with Crippen molar-refractivity contribution in [2.75, 3.05) is 6.54 Å². The van der Waals surface area contributed by atoms with E-state index < -0.39 is 11.6 Å². The first kappa shape index (κ1) is 13.8. The molecule has 1 aromatic rings. The van der Waals surface area contributed by atoms with Crippen molar-refractivity contribution < 1.29 is 8.78 Å². The Kier molecular flexibility index (Phi) is 4.71. The predicted molar refractivity (Wildman–Crippen MR) is 71.9 cm³/mol. The van der Waals surface area contributed by atoms with Gasteiger partial charge >= 0.3 is 0 Å². The molecule has 1 aromatic carbocycles. The zero-order valence-corrected chi connectivity index (χ0v) is 10.8. The van der Waals surface area contributed by atoms with Crippen LogP contribution >= 0.6 is 0 Å². The molecule has 0 heterocycles. The van der Waals surface area contributed by atoms with Gasteiger partial charge in [0.15, 0.2) is 5.96 Å². The van der Waals surface area contributed by atoms with E-state index in [1.807, 2.05) is 0 Å². The molecule has 0 amide bonds. The van der Waals surface area contributed by atoms with Crippen molar-refractivity contribution in [1.29, 1.82) is 0 Å². The molecule has 0 unspecified atom stereocenters.